The lowest BCUT2D eigenvalue weighted by Crippen LogP contribution is -2.55. The minimum Gasteiger partial charge on any atom is -0.341 e. The standard InChI is InChI=1S/C15H25N3O2/c16-10-4-9-14(19)17-13-8-5-11-18(15(13)20)12-6-2-1-3-7-12/h4,9,12-13H,1-3,5-8,10-11,16H2,(H,17,19)/b9-4+. The van der Waals surface area contributed by atoms with Gasteiger partial charge in [-0.3, -0.25) is 9.59 Å². The molecule has 20 heavy (non-hydrogen) atoms. The number of nitrogens with two attached hydrogens (primary N) is 1. The van der Waals surface area contributed by atoms with Gasteiger partial charge in [0.25, 0.3) is 0 Å². The summed E-state index contributed by atoms with van der Waals surface area (Å²) in [7, 11) is 0. The number of nitrogens with one attached hydrogen (secondary N) is 1. The van der Waals surface area contributed by atoms with Crippen LogP contribution in [0.3, 0.4) is 0 Å². The van der Waals surface area contributed by atoms with E-state index < -0.39 is 0 Å². The molecule has 0 radical (unpaired) electrons. The Bertz CT molecular complexity index is 375. The van der Waals surface area contributed by atoms with Crippen molar-refractivity contribution in [3.63, 3.8) is 0 Å². The zero-order valence-electron chi connectivity index (χ0n) is 12.0. The van der Waals surface area contributed by atoms with Crippen molar-refractivity contribution in [2.75, 3.05) is 13.1 Å². The van der Waals surface area contributed by atoms with Crippen LogP contribution in [0.5, 0.6) is 0 Å². The van der Waals surface area contributed by atoms with Gasteiger partial charge in [-0.15, -0.1) is 0 Å². The molecule has 2 aliphatic rings. The van der Waals surface area contributed by atoms with Crippen LogP contribution in [0.1, 0.15) is 44.9 Å². The SMILES string of the molecule is NC/C=C/C(=O)NC1CCCN(C2CCCCC2)C1=O. The molecule has 5 nitrogen and oxygen atoms in total. The van der Waals surface area contributed by atoms with Crippen molar-refractivity contribution < 1.29 is 9.59 Å². The minimum atomic E-state index is -0.361. The van der Waals surface area contributed by atoms with Gasteiger partial charge in [0, 0.05) is 25.2 Å². The topological polar surface area (TPSA) is 75.4 Å². The molecule has 0 spiro atoms. The monoisotopic (exact) mass is 279 g/mol. The highest BCUT2D eigenvalue weighted by Crippen LogP contribution is 2.26. The molecule has 1 atom stereocenters. The summed E-state index contributed by atoms with van der Waals surface area (Å²) >= 11 is 0. The Kier molecular flexibility index (Phi) is 5.59. The van der Waals surface area contributed by atoms with Crippen LogP contribution in [-0.2, 0) is 9.59 Å². The van der Waals surface area contributed by atoms with Gasteiger partial charge in [-0.05, 0) is 25.7 Å². The van der Waals surface area contributed by atoms with Gasteiger partial charge in [0.1, 0.15) is 6.04 Å². The van der Waals surface area contributed by atoms with E-state index in [0.29, 0.717) is 12.6 Å². The molecule has 1 unspecified atom stereocenters. The van der Waals surface area contributed by atoms with Crippen molar-refractivity contribution in [3.05, 3.63) is 12.2 Å². The number of carbonyl (C=O) groups excluding carboxylic acids is 2. The maximum atomic E-state index is 12.5. The Morgan fingerprint density at radius 2 is 2.00 bits per heavy atom. The van der Waals surface area contributed by atoms with E-state index in [4.69, 9.17) is 5.73 Å². The number of carbonyl (C=O) groups is 2. The molecular weight excluding hydrogens is 254 g/mol. The lowest BCUT2D eigenvalue weighted by atomic mass is 9.91. The highest BCUT2D eigenvalue weighted by Gasteiger charge is 2.34. The number of amides is 2. The smallest absolute Gasteiger partial charge is 0.245 e. The Morgan fingerprint density at radius 3 is 2.70 bits per heavy atom. The van der Waals surface area contributed by atoms with Gasteiger partial charge in [0.2, 0.25) is 11.8 Å². The Morgan fingerprint density at radius 1 is 1.25 bits per heavy atom. The van der Waals surface area contributed by atoms with Gasteiger partial charge in [0.05, 0.1) is 0 Å². The van der Waals surface area contributed by atoms with Crippen molar-refractivity contribution >= 4 is 11.8 Å². The number of nitrogens with zero attached hydrogens (tertiary/aromatic N) is 1. The molecule has 0 aromatic rings. The first-order chi connectivity index (χ1) is 9.72. The maximum Gasteiger partial charge on any atom is 0.245 e. The van der Waals surface area contributed by atoms with E-state index in [1.807, 2.05) is 4.90 Å². The average molecular weight is 279 g/mol. The van der Waals surface area contributed by atoms with Gasteiger partial charge in [-0.25, -0.2) is 0 Å². The Hall–Kier alpha value is -1.36. The molecule has 0 bridgehead atoms. The van der Waals surface area contributed by atoms with E-state index in [1.165, 1.54) is 25.3 Å². The summed E-state index contributed by atoms with van der Waals surface area (Å²) in [6, 6.07) is 0.0242. The summed E-state index contributed by atoms with van der Waals surface area (Å²) < 4.78 is 0. The van der Waals surface area contributed by atoms with E-state index in [2.05, 4.69) is 5.32 Å². The fraction of sp³-hybridized carbons (Fsp3) is 0.733. The summed E-state index contributed by atoms with van der Waals surface area (Å²) in [6.07, 6.45) is 10.6. The van der Waals surface area contributed by atoms with Crippen LogP contribution in [0.4, 0.5) is 0 Å². The molecule has 0 aromatic carbocycles. The number of likely N-dealkylation sites (tertiary alicyclic amines) is 1. The molecule has 1 saturated heterocycles. The molecule has 1 aliphatic heterocycles. The molecule has 2 amide bonds. The first-order valence-corrected chi connectivity index (χ1v) is 7.70. The first-order valence-electron chi connectivity index (χ1n) is 7.70. The molecule has 2 rings (SSSR count). The quantitative estimate of drug-likeness (QED) is 0.752. The molecule has 2 fully saturated rings. The van der Waals surface area contributed by atoms with E-state index in [-0.39, 0.29) is 17.9 Å². The summed E-state index contributed by atoms with van der Waals surface area (Å²) in [6.45, 7) is 1.18. The second-order valence-corrected chi connectivity index (χ2v) is 5.66. The molecule has 1 saturated carbocycles. The Labute approximate surface area is 120 Å². The third-order valence-corrected chi connectivity index (χ3v) is 4.21. The molecule has 5 heteroatoms. The van der Waals surface area contributed by atoms with Gasteiger partial charge in [-0.1, -0.05) is 25.3 Å². The number of hydrogen-bond acceptors (Lipinski definition) is 3. The highest BCUT2D eigenvalue weighted by molar-refractivity contribution is 5.93. The number of rotatable bonds is 4. The summed E-state index contributed by atoms with van der Waals surface area (Å²) in [4.78, 5) is 26.2. The van der Waals surface area contributed by atoms with Crippen LogP contribution < -0.4 is 11.1 Å². The lowest BCUT2D eigenvalue weighted by molar-refractivity contribution is -0.141. The van der Waals surface area contributed by atoms with Crippen LogP contribution in [0.2, 0.25) is 0 Å². The zero-order valence-corrected chi connectivity index (χ0v) is 12.0. The predicted molar refractivity (Wildman–Crippen MR) is 77.9 cm³/mol. The minimum absolute atomic E-state index is 0.0950. The maximum absolute atomic E-state index is 12.5. The predicted octanol–water partition coefficient (Wildman–Crippen LogP) is 0.941. The van der Waals surface area contributed by atoms with Crippen molar-refractivity contribution in [2.24, 2.45) is 5.73 Å². The van der Waals surface area contributed by atoms with E-state index in [0.717, 1.165) is 32.2 Å². The van der Waals surface area contributed by atoms with E-state index >= 15 is 0 Å². The van der Waals surface area contributed by atoms with Gasteiger partial charge in [0.15, 0.2) is 0 Å². The van der Waals surface area contributed by atoms with Crippen LogP contribution in [0.15, 0.2) is 12.2 Å². The summed E-state index contributed by atoms with van der Waals surface area (Å²) in [5, 5.41) is 2.80. The number of hydrogen-bond donors (Lipinski definition) is 2. The largest absolute Gasteiger partial charge is 0.341 e. The van der Waals surface area contributed by atoms with Gasteiger partial charge in [-0.2, -0.15) is 0 Å². The van der Waals surface area contributed by atoms with E-state index in [1.54, 1.807) is 6.08 Å². The van der Waals surface area contributed by atoms with Crippen molar-refractivity contribution in [1.82, 2.24) is 10.2 Å². The van der Waals surface area contributed by atoms with Crippen LogP contribution >= 0.6 is 0 Å². The van der Waals surface area contributed by atoms with E-state index in [9.17, 15) is 9.59 Å². The number of piperidine rings is 1. The Balaban J connectivity index is 1.92. The highest BCUT2D eigenvalue weighted by atomic mass is 16.2. The summed E-state index contributed by atoms with van der Waals surface area (Å²) in [5.74, 6) is -0.128. The molecular formula is C15H25N3O2. The van der Waals surface area contributed by atoms with Crippen LogP contribution in [0.25, 0.3) is 0 Å². The average Bonchev–Trinajstić information content (AvgIpc) is 2.48. The fourth-order valence-corrected chi connectivity index (χ4v) is 3.18. The summed E-state index contributed by atoms with van der Waals surface area (Å²) in [5.41, 5.74) is 5.31. The lowest BCUT2D eigenvalue weighted by Gasteiger charge is -2.39. The first kappa shape index (κ1) is 15.0. The molecule has 1 heterocycles. The molecule has 1 aliphatic carbocycles. The van der Waals surface area contributed by atoms with Crippen molar-refractivity contribution in [2.45, 2.75) is 57.0 Å². The molecule has 3 N–H and O–H groups in total. The third-order valence-electron chi connectivity index (χ3n) is 4.21. The third kappa shape index (κ3) is 3.82. The zero-order chi connectivity index (χ0) is 14.4. The van der Waals surface area contributed by atoms with Crippen LogP contribution in [0, 0.1) is 0 Å². The van der Waals surface area contributed by atoms with Crippen LogP contribution in [-0.4, -0.2) is 41.9 Å². The second kappa shape index (κ2) is 7.43. The molecule has 0 aromatic heterocycles. The normalized spacial score (nSPS) is 25.1. The van der Waals surface area contributed by atoms with Crippen molar-refractivity contribution in [1.29, 1.82) is 0 Å². The second-order valence-electron chi connectivity index (χ2n) is 5.66. The fourth-order valence-electron chi connectivity index (χ4n) is 3.18. The molecule has 112 valence electrons. The van der Waals surface area contributed by atoms with Gasteiger partial charge >= 0.3 is 0 Å². The van der Waals surface area contributed by atoms with Crippen molar-refractivity contribution in [3.8, 4) is 0 Å². The van der Waals surface area contributed by atoms with Gasteiger partial charge < -0.3 is 16.0 Å².